The first-order valence-corrected chi connectivity index (χ1v) is 6.80. The van der Waals surface area contributed by atoms with Crippen molar-refractivity contribution in [3.05, 3.63) is 16.5 Å². The number of halogens is 1. The van der Waals surface area contributed by atoms with E-state index in [9.17, 15) is 0 Å². The minimum absolute atomic E-state index is 0.576. The largest absolute Gasteiger partial charge is 0.384 e. The van der Waals surface area contributed by atoms with Gasteiger partial charge in [-0.25, -0.2) is 9.97 Å². The molecule has 1 aromatic rings. The molecule has 1 fully saturated rings. The topological polar surface area (TPSA) is 38.2 Å². The second-order valence-corrected chi connectivity index (χ2v) is 5.15. The van der Waals surface area contributed by atoms with Crippen LogP contribution in [-0.2, 0) is 11.2 Å². The van der Waals surface area contributed by atoms with Crippen molar-refractivity contribution in [1.82, 2.24) is 9.97 Å². The summed E-state index contributed by atoms with van der Waals surface area (Å²) in [6.45, 7) is 6.86. The first-order valence-electron chi connectivity index (χ1n) is 6.42. The third-order valence-electron chi connectivity index (χ3n) is 3.41. The van der Waals surface area contributed by atoms with Crippen molar-refractivity contribution in [2.24, 2.45) is 5.92 Å². The number of nitrogens with zero attached hydrogens (tertiary/aromatic N) is 3. The first-order chi connectivity index (χ1) is 8.65. The molecule has 100 valence electrons. The molecule has 0 saturated carbocycles. The minimum Gasteiger partial charge on any atom is -0.384 e. The first kappa shape index (κ1) is 13.6. The van der Waals surface area contributed by atoms with Crippen LogP contribution in [0.4, 0.5) is 5.82 Å². The molecule has 1 aromatic heterocycles. The Bertz CT molecular complexity index is 425. The minimum atomic E-state index is 0.576. The summed E-state index contributed by atoms with van der Waals surface area (Å²) in [6, 6.07) is 0. The maximum absolute atomic E-state index is 6.17. The van der Waals surface area contributed by atoms with Crippen LogP contribution in [0.3, 0.4) is 0 Å². The van der Waals surface area contributed by atoms with Crippen molar-refractivity contribution in [1.29, 1.82) is 0 Å². The van der Waals surface area contributed by atoms with Crippen molar-refractivity contribution >= 4 is 17.4 Å². The maximum atomic E-state index is 6.17. The second kappa shape index (κ2) is 5.85. The van der Waals surface area contributed by atoms with Crippen molar-refractivity contribution in [2.75, 3.05) is 31.7 Å². The molecule has 18 heavy (non-hydrogen) atoms. The molecule has 0 amide bonds. The van der Waals surface area contributed by atoms with Gasteiger partial charge in [0.15, 0.2) is 0 Å². The quantitative estimate of drug-likeness (QED) is 0.787. The molecule has 4 nitrogen and oxygen atoms in total. The lowest BCUT2D eigenvalue weighted by molar-refractivity contribution is 0.161. The molecule has 0 radical (unpaired) electrons. The van der Waals surface area contributed by atoms with Gasteiger partial charge in [0, 0.05) is 38.1 Å². The summed E-state index contributed by atoms with van der Waals surface area (Å²) in [7, 11) is 1.75. The second-order valence-electron chi connectivity index (χ2n) is 4.79. The van der Waals surface area contributed by atoms with E-state index in [2.05, 4.69) is 14.9 Å². The summed E-state index contributed by atoms with van der Waals surface area (Å²) in [5.41, 5.74) is 0.979. The van der Waals surface area contributed by atoms with E-state index in [0.717, 1.165) is 49.7 Å². The molecule has 0 spiro atoms. The Morgan fingerprint density at radius 2 is 2.22 bits per heavy atom. The number of anilines is 1. The van der Waals surface area contributed by atoms with Gasteiger partial charge in [0.25, 0.3) is 0 Å². The molecule has 0 aromatic carbocycles. The fourth-order valence-electron chi connectivity index (χ4n) is 2.38. The number of rotatable bonds is 4. The van der Waals surface area contributed by atoms with Crippen LogP contribution in [0.1, 0.15) is 24.7 Å². The van der Waals surface area contributed by atoms with Gasteiger partial charge in [-0.1, -0.05) is 18.5 Å². The van der Waals surface area contributed by atoms with Crippen LogP contribution in [-0.4, -0.2) is 36.8 Å². The van der Waals surface area contributed by atoms with E-state index in [1.807, 2.05) is 13.8 Å². The molecule has 1 aliphatic heterocycles. The van der Waals surface area contributed by atoms with Gasteiger partial charge in [0.2, 0.25) is 0 Å². The molecule has 1 unspecified atom stereocenters. The van der Waals surface area contributed by atoms with Gasteiger partial charge < -0.3 is 9.64 Å². The molecule has 5 heteroatoms. The molecule has 2 heterocycles. The average Bonchev–Trinajstić information content (AvgIpc) is 2.81. The molecule has 0 bridgehead atoms. The molecule has 2 rings (SSSR count). The summed E-state index contributed by atoms with van der Waals surface area (Å²) in [6.07, 6.45) is 1.96. The van der Waals surface area contributed by atoms with Crippen LogP contribution in [0, 0.1) is 12.8 Å². The van der Waals surface area contributed by atoms with Gasteiger partial charge in [-0.05, 0) is 13.3 Å². The standard InChI is InChI=1S/C13H20ClN3O/c1-4-11-15-12(14)9(2)13(16-11)17-6-5-10(7-17)8-18-3/h10H,4-8H2,1-3H3. The molecule has 1 aliphatic rings. The molecular formula is C13H20ClN3O. The van der Waals surface area contributed by atoms with Crippen LogP contribution in [0.15, 0.2) is 0 Å². The fraction of sp³-hybridized carbons (Fsp3) is 0.692. The molecule has 0 N–H and O–H groups in total. The highest BCUT2D eigenvalue weighted by Gasteiger charge is 2.25. The summed E-state index contributed by atoms with van der Waals surface area (Å²) >= 11 is 6.17. The Kier molecular flexibility index (Phi) is 4.40. The zero-order valence-corrected chi connectivity index (χ0v) is 12.0. The van der Waals surface area contributed by atoms with Crippen LogP contribution in [0.2, 0.25) is 5.15 Å². The van der Waals surface area contributed by atoms with Gasteiger partial charge >= 0.3 is 0 Å². The lowest BCUT2D eigenvalue weighted by Crippen LogP contribution is -2.23. The van der Waals surface area contributed by atoms with E-state index in [0.29, 0.717) is 11.1 Å². The summed E-state index contributed by atoms with van der Waals surface area (Å²) in [5, 5.41) is 0.576. The molecular weight excluding hydrogens is 250 g/mol. The van der Waals surface area contributed by atoms with E-state index in [1.165, 1.54) is 0 Å². The Morgan fingerprint density at radius 1 is 1.44 bits per heavy atom. The lowest BCUT2D eigenvalue weighted by atomic mass is 10.1. The van der Waals surface area contributed by atoms with E-state index in [-0.39, 0.29) is 0 Å². The fourth-order valence-corrected chi connectivity index (χ4v) is 2.57. The smallest absolute Gasteiger partial charge is 0.137 e. The highest BCUT2D eigenvalue weighted by molar-refractivity contribution is 6.30. The van der Waals surface area contributed by atoms with Gasteiger partial charge in [-0.2, -0.15) is 0 Å². The van der Waals surface area contributed by atoms with Crippen molar-refractivity contribution in [3.63, 3.8) is 0 Å². The Hall–Kier alpha value is -0.870. The highest BCUT2D eigenvalue weighted by atomic mass is 35.5. The van der Waals surface area contributed by atoms with Gasteiger partial charge in [-0.15, -0.1) is 0 Å². The molecule has 1 saturated heterocycles. The van der Waals surface area contributed by atoms with Gasteiger partial charge in [0.1, 0.15) is 16.8 Å². The van der Waals surface area contributed by atoms with E-state index in [4.69, 9.17) is 16.3 Å². The number of aromatic nitrogens is 2. The molecule has 0 aliphatic carbocycles. The molecule has 1 atom stereocenters. The summed E-state index contributed by atoms with van der Waals surface area (Å²) in [4.78, 5) is 11.2. The Balaban J connectivity index is 2.20. The van der Waals surface area contributed by atoms with Crippen LogP contribution < -0.4 is 4.90 Å². The lowest BCUT2D eigenvalue weighted by Gasteiger charge is -2.20. The van der Waals surface area contributed by atoms with Gasteiger partial charge in [0.05, 0.1) is 6.61 Å². The highest BCUT2D eigenvalue weighted by Crippen LogP contribution is 2.28. The monoisotopic (exact) mass is 269 g/mol. The number of aryl methyl sites for hydroxylation is 1. The predicted molar refractivity (Wildman–Crippen MR) is 73.4 cm³/mol. The maximum Gasteiger partial charge on any atom is 0.137 e. The number of hydrogen-bond acceptors (Lipinski definition) is 4. The predicted octanol–water partition coefficient (Wildman–Crippen LogP) is 2.47. The third-order valence-corrected chi connectivity index (χ3v) is 3.78. The normalized spacial score (nSPS) is 19.6. The zero-order valence-electron chi connectivity index (χ0n) is 11.2. The van der Waals surface area contributed by atoms with Crippen LogP contribution in [0.25, 0.3) is 0 Å². The zero-order chi connectivity index (χ0) is 13.1. The van der Waals surface area contributed by atoms with E-state index in [1.54, 1.807) is 7.11 Å². The third kappa shape index (κ3) is 2.75. The van der Waals surface area contributed by atoms with Crippen molar-refractivity contribution in [3.8, 4) is 0 Å². The number of hydrogen-bond donors (Lipinski definition) is 0. The van der Waals surface area contributed by atoms with Gasteiger partial charge in [-0.3, -0.25) is 0 Å². The van der Waals surface area contributed by atoms with Crippen molar-refractivity contribution < 1.29 is 4.74 Å². The van der Waals surface area contributed by atoms with Crippen molar-refractivity contribution in [2.45, 2.75) is 26.7 Å². The van der Waals surface area contributed by atoms with E-state index >= 15 is 0 Å². The number of methoxy groups -OCH3 is 1. The Morgan fingerprint density at radius 3 is 2.89 bits per heavy atom. The van der Waals surface area contributed by atoms with E-state index < -0.39 is 0 Å². The number of ether oxygens (including phenoxy) is 1. The van der Waals surface area contributed by atoms with Crippen LogP contribution in [0.5, 0.6) is 0 Å². The average molecular weight is 270 g/mol. The summed E-state index contributed by atoms with van der Waals surface area (Å²) in [5.74, 6) is 2.40. The SMILES string of the molecule is CCc1nc(Cl)c(C)c(N2CCC(COC)C2)n1. The Labute approximate surface area is 113 Å². The summed E-state index contributed by atoms with van der Waals surface area (Å²) < 4.78 is 5.22. The van der Waals surface area contributed by atoms with Crippen LogP contribution >= 0.6 is 11.6 Å².